The Morgan fingerprint density at radius 2 is 2.38 bits per heavy atom. The molecule has 2 aromatic rings. The predicted octanol–water partition coefficient (Wildman–Crippen LogP) is 1.30. The second kappa shape index (κ2) is 3.06. The monoisotopic (exact) mass is 178 g/mol. The lowest BCUT2D eigenvalue weighted by molar-refractivity contribution is 0.418. The molecule has 0 saturated carbocycles. The third-order valence-electron chi connectivity index (χ3n) is 1.92. The molecule has 0 unspecified atom stereocenters. The molecule has 0 spiro atoms. The van der Waals surface area contributed by atoms with E-state index in [0.717, 1.165) is 11.1 Å². The summed E-state index contributed by atoms with van der Waals surface area (Å²) in [6.45, 7) is 0.465. The summed E-state index contributed by atoms with van der Waals surface area (Å²) in [6, 6.07) is 3.73. The van der Waals surface area contributed by atoms with Crippen molar-refractivity contribution in [3.05, 3.63) is 24.1 Å². The summed E-state index contributed by atoms with van der Waals surface area (Å²) in [5.41, 5.74) is 7.93. The highest BCUT2D eigenvalue weighted by Gasteiger charge is 2.07. The first-order valence-corrected chi connectivity index (χ1v) is 3.95. The van der Waals surface area contributed by atoms with Crippen LogP contribution in [0.2, 0.25) is 0 Å². The molecule has 0 radical (unpaired) electrons. The zero-order chi connectivity index (χ0) is 9.26. The van der Waals surface area contributed by atoms with Gasteiger partial charge in [0.05, 0.1) is 7.11 Å². The van der Waals surface area contributed by atoms with Gasteiger partial charge in [0, 0.05) is 6.54 Å². The van der Waals surface area contributed by atoms with E-state index in [9.17, 15) is 0 Å². The summed E-state index contributed by atoms with van der Waals surface area (Å²) in [6.07, 6.45) is 1.40. The van der Waals surface area contributed by atoms with Crippen LogP contribution in [0, 0.1) is 0 Å². The highest BCUT2D eigenvalue weighted by atomic mass is 16.5. The Hall–Kier alpha value is -1.55. The van der Waals surface area contributed by atoms with Gasteiger partial charge in [-0.2, -0.15) is 0 Å². The third-order valence-corrected chi connectivity index (χ3v) is 1.92. The van der Waals surface area contributed by atoms with Gasteiger partial charge in [0.1, 0.15) is 5.75 Å². The van der Waals surface area contributed by atoms with Gasteiger partial charge >= 0.3 is 0 Å². The molecule has 0 atom stereocenters. The molecule has 1 heterocycles. The van der Waals surface area contributed by atoms with Crippen molar-refractivity contribution in [2.45, 2.75) is 6.54 Å². The van der Waals surface area contributed by atoms with E-state index in [2.05, 4.69) is 4.98 Å². The fraction of sp³-hybridized carbons (Fsp3) is 0.222. The van der Waals surface area contributed by atoms with Gasteiger partial charge in [0.15, 0.2) is 17.5 Å². The number of nitrogens with zero attached hydrogens (tertiary/aromatic N) is 1. The number of hydrogen-bond donors (Lipinski definition) is 1. The highest BCUT2D eigenvalue weighted by molar-refractivity contribution is 5.80. The van der Waals surface area contributed by atoms with Crippen LogP contribution >= 0.6 is 0 Å². The molecular formula is C9H10N2O2. The number of nitrogens with two attached hydrogens (primary N) is 1. The molecule has 0 fully saturated rings. The lowest BCUT2D eigenvalue weighted by Crippen LogP contribution is -1.96. The van der Waals surface area contributed by atoms with E-state index >= 15 is 0 Å². The topological polar surface area (TPSA) is 61.3 Å². The Morgan fingerprint density at radius 1 is 1.54 bits per heavy atom. The van der Waals surface area contributed by atoms with Crippen LogP contribution < -0.4 is 10.5 Å². The molecule has 0 aliphatic carbocycles. The van der Waals surface area contributed by atoms with Crippen LogP contribution in [0.1, 0.15) is 5.56 Å². The van der Waals surface area contributed by atoms with E-state index in [1.54, 1.807) is 7.11 Å². The standard InChI is InChI=1S/C9H10N2O2/c1-12-7-2-6(4-10)3-8-9(7)11-5-13-8/h2-3,5H,4,10H2,1H3. The quantitative estimate of drug-likeness (QED) is 0.752. The van der Waals surface area contributed by atoms with E-state index in [1.807, 2.05) is 12.1 Å². The van der Waals surface area contributed by atoms with Gasteiger partial charge in [-0.3, -0.25) is 0 Å². The minimum Gasteiger partial charge on any atom is -0.494 e. The van der Waals surface area contributed by atoms with Gasteiger partial charge < -0.3 is 14.9 Å². The van der Waals surface area contributed by atoms with Crippen LogP contribution in [-0.4, -0.2) is 12.1 Å². The SMILES string of the molecule is COc1cc(CN)cc2ocnc12. The first-order chi connectivity index (χ1) is 6.35. The molecule has 2 N–H and O–H groups in total. The van der Waals surface area contributed by atoms with Crippen molar-refractivity contribution in [3.63, 3.8) is 0 Å². The van der Waals surface area contributed by atoms with Gasteiger partial charge in [-0.15, -0.1) is 0 Å². The molecule has 0 aliphatic rings. The van der Waals surface area contributed by atoms with Crippen LogP contribution in [0.25, 0.3) is 11.1 Å². The Bertz CT molecular complexity index is 422. The molecule has 1 aromatic carbocycles. The molecule has 0 bridgehead atoms. The molecule has 2 rings (SSSR count). The molecule has 1 aromatic heterocycles. The van der Waals surface area contributed by atoms with Crippen molar-refractivity contribution >= 4 is 11.1 Å². The van der Waals surface area contributed by atoms with E-state index in [-0.39, 0.29) is 0 Å². The summed E-state index contributed by atoms with van der Waals surface area (Å²) in [4.78, 5) is 4.03. The number of hydrogen-bond acceptors (Lipinski definition) is 4. The second-order valence-electron chi connectivity index (χ2n) is 2.70. The zero-order valence-electron chi connectivity index (χ0n) is 7.28. The fourth-order valence-corrected chi connectivity index (χ4v) is 1.26. The average molecular weight is 178 g/mol. The average Bonchev–Trinajstić information content (AvgIpc) is 2.63. The van der Waals surface area contributed by atoms with Gasteiger partial charge in [0.25, 0.3) is 0 Å². The summed E-state index contributed by atoms with van der Waals surface area (Å²) < 4.78 is 10.3. The molecule has 68 valence electrons. The van der Waals surface area contributed by atoms with Gasteiger partial charge in [0.2, 0.25) is 0 Å². The van der Waals surface area contributed by atoms with Gasteiger partial charge in [-0.05, 0) is 17.7 Å². The normalized spacial score (nSPS) is 10.6. The molecular weight excluding hydrogens is 168 g/mol. The summed E-state index contributed by atoms with van der Waals surface area (Å²) >= 11 is 0. The Labute approximate surface area is 75.3 Å². The summed E-state index contributed by atoms with van der Waals surface area (Å²) in [7, 11) is 1.60. The molecule has 13 heavy (non-hydrogen) atoms. The fourth-order valence-electron chi connectivity index (χ4n) is 1.26. The maximum absolute atomic E-state index is 5.52. The first-order valence-electron chi connectivity index (χ1n) is 3.95. The van der Waals surface area contributed by atoms with Crippen LogP contribution in [0.4, 0.5) is 0 Å². The first kappa shape index (κ1) is 8.07. The highest BCUT2D eigenvalue weighted by Crippen LogP contribution is 2.25. The number of oxazole rings is 1. The maximum Gasteiger partial charge on any atom is 0.182 e. The van der Waals surface area contributed by atoms with E-state index in [4.69, 9.17) is 14.9 Å². The molecule has 0 aliphatic heterocycles. The smallest absolute Gasteiger partial charge is 0.182 e. The van der Waals surface area contributed by atoms with Crippen LogP contribution in [0.3, 0.4) is 0 Å². The molecule has 0 saturated heterocycles. The number of benzene rings is 1. The minimum atomic E-state index is 0.465. The summed E-state index contributed by atoms with van der Waals surface area (Å²) in [5.74, 6) is 0.701. The van der Waals surface area contributed by atoms with Crippen molar-refractivity contribution in [2.75, 3.05) is 7.11 Å². The van der Waals surface area contributed by atoms with Crippen LogP contribution in [0.15, 0.2) is 22.9 Å². The van der Waals surface area contributed by atoms with E-state index < -0.39 is 0 Å². The van der Waals surface area contributed by atoms with Crippen molar-refractivity contribution in [2.24, 2.45) is 5.73 Å². The number of rotatable bonds is 2. The minimum absolute atomic E-state index is 0.465. The second-order valence-corrected chi connectivity index (χ2v) is 2.70. The Morgan fingerprint density at radius 3 is 3.08 bits per heavy atom. The largest absolute Gasteiger partial charge is 0.494 e. The van der Waals surface area contributed by atoms with E-state index in [0.29, 0.717) is 17.9 Å². The Kier molecular flexibility index (Phi) is 1.90. The van der Waals surface area contributed by atoms with Crippen molar-refractivity contribution in [1.82, 2.24) is 4.98 Å². The van der Waals surface area contributed by atoms with Crippen molar-refractivity contribution in [1.29, 1.82) is 0 Å². The lowest BCUT2D eigenvalue weighted by Gasteiger charge is -2.02. The Balaban J connectivity index is 2.70. The van der Waals surface area contributed by atoms with Crippen molar-refractivity contribution < 1.29 is 9.15 Å². The maximum atomic E-state index is 5.52. The van der Waals surface area contributed by atoms with E-state index in [1.165, 1.54) is 6.39 Å². The van der Waals surface area contributed by atoms with Crippen molar-refractivity contribution in [3.8, 4) is 5.75 Å². The molecule has 4 heteroatoms. The zero-order valence-corrected chi connectivity index (χ0v) is 7.28. The van der Waals surface area contributed by atoms with Crippen LogP contribution in [0.5, 0.6) is 5.75 Å². The molecule has 0 amide bonds. The summed E-state index contributed by atoms with van der Waals surface area (Å²) in [5, 5.41) is 0. The van der Waals surface area contributed by atoms with Gasteiger partial charge in [-0.25, -0.2) is 4.98 Å². The lowest BCUT2D eigenvalue weighted by atomic mass is 10.2. The van der Waals surface area contributed by atoms with Crippen LogP contribution in [-0.2, 0) is 6.54 Å². The molecule has 4 nitrogen and oxygen atoms in total. The number of methoxy groups -OCH3 is 1. The number of ether oxygens (including phenoxy) is 1. The number of aromatic nitrogens is 1. The number of fused-ring (bicyclic) bond motifs is 1. The van der Waals surface area contributed by atoms with Gasteiger partial charge in [-0.1, -0.05) is 0 Å². The third kappa shape index (κ3) is 1.25. The predicted molar refractivity (Wildman–Crippen MR) is 48.5 cm³/mol.